The predicted molar refractivity (Wildman–Crippen MR) is 52.9 cm³/mol. The Bertz CT molecular complexity index is 336. The molecule has 0 aliphatic heterocycles. The van der Waals surface area contributed by atoms with Crippen LogP contribution in [0.5, 0.6) is 0 Å². The van der Waals surface area contributed by atoms with Crippen LogP contribution >= 0.6 is 24.4 Å². The molecular formula is C6H9N3OS2. The summed E-state index contributed by atoms with van der Waals surface area (Å²) in [6, 6.07) is 0. The molecule has 0 unspecified atom stereocenters. The third-order valence-electron chi connectivity index (χ3n) is 1.18. The number of anilines is 1. The van der Waals surface area contributed by atoms with Crippen molar-refractivity contribution < 1.29 is 0 Å². The summed E-state index contributed by atoms with van der Waals surface area (Å²) in [7, 11) is 0. The molecule has 1 heterocycles. The number of hydrogen-bond donors (Lipinski definition) is 3. The Kier molecular flexibility index (Phi) is 3.05. The Morgan fingerprint density at radius 1 is 1.75 bits per heavy atom. The first kappa shape index (κ1) is 9.47. The maximum atomic E-state index is 11.1. The minimum Gasteiger partial charge on any atom is -0.383 e. The van der Waals surface area contributed by atoms with Crippen LogP contribution in [0.1, 0.15) is 6.92 Å². The van der Waals surface area contributed by atoms with E-state index in [1.807, 2.05) is 6.92 Å². The minimum atomic E-state index is -0.290. The van der Waals surface area contributed by atoms with Crippen LogP contribution in [-0.2, 0) is 0 Å². The zero-order valence-electron chi connectivity index (χ0n) is 6.50. The van der Waals surface area contributed by atoms with Gasteiger partial charge in [-0.25, -0.2) is 4.98 Å². The highest BCUT2D eigenvalue weighted by molar-refractivity contribution is 7.99. The summed E-state index contributed by atoms with van der Waals surface area (Å²) in [6.07, 6.45) is 0. The van der Waals surface area contributed by atoms with Crippen LogP contribution in [0.25, 0.3) is 0 Å². The molecule has 1 aromatic rings. The van der Waals surface area contributed by atoms with Gasteiger partial charge in [0.05, 0.1) is 0 Å². The van der Waals surface area contributed by atoms with Gasteiger partial charge in [-0.2, -0.15) is 0 Å². The van der Waals surface area contributed by atoms with Crippen molar-refractivity contribution in [2.45, 2.75) is 17.0 Å². The summed E-state index contributed by atoms with van der Waals surface area (Å²) in [5, 5.41) is 0.540. The lowest BCUT2D eigenvalue weighted by molar-refractivity contribution is 0.907. The molecule has 0 saturated carbocycles. The summed E-state index contributed by atoms with van der Waals surface area (Å²) >= 11 is 5.32. The van der Waals surface area contributed by atoms with Crippen LogP contribution in [-0.4, -0.2) is 15.7 Å². The molecule has 1 rings (SSSR count). The third-order valence-corrected chi connectivity index (χ3v) is 2.37. The van der Waals surface area contributed by atoms with Gasteiger partial charge in [-0.3, -0.25) is 4.79 Å². The molecule has 3 N–H and O–H groups in total. The monoisotopic (exact) mass is 203 g/mol. The Labute approximate surface area is 79.4 Å². The smallest absolute Gasteiger partial charge is 0.267 e. The summed E-state index contributed by atoms with van der Waals surface area (Å²) in [5.74, 6) is 1.02. The fourth-order valence-corrected chi connectivity index (χ4v) is 1.38. The van der Waals surface area contributed by atoms with Crippen LogP contribution in [0.2, 0.25) is 0 Å². The molecule has 0 aliphatic carbocycles. The number of hydrogen-bond acceptors (Lipinski definition) is 5. The van der Waals surface area contributed by atoms with Crippen LogP contribution < -0.4 is 11.3 Å². The van der Waals surface area contributed by atoms with Gasteiger partial charge in [-0.05, 0) is 5.75 Å². The molecular weight excluding hydrogens is 194 g/mol. The van der Waals surface area contributed by atoms with Crippen LogP contribution in [0.3, 0.4) is 0 Å². The number of aromatic amines is 1. The van der Waals surface area contributed by atoms with E-state index in [-0.39, 0.29) is 16.3 Å². The average Bonchev–Trinajstić information content (AvgIpc) is 2.01. The lowest BCUT2D eigenvalue weighted by atomic mass is 10.6. The lowest BCUT2D eigenvalue weighted by Gasteiger charge is -2.00. The largest absolute Gasteiger partial charge is 0.383 e. The molecule has 0 fully saturated rings. The van der Waals surface area contributed by atoms with Crippen LogP contribution in [0, 0.1) is 0 Å². The molecule has 0 saturated heterocycles. The van der Waals surface area contributed by atoms with E-state index < -0.39 is 0 Å². The second-order valence-corrected chi connectivity index (χ2v) is 3.74. The van der Waals surface area contributed by atoms with Crippen LogP contribution in [0.4, 0.5) is 5.82 Å². The second-order valence-electron chi connectivity index (χ2n) is 2.04. The van der Waals surface area contributed by atoms with Gasteiger partial charge in [0.2, 0.25) is 0 Å². The quantitative estimate of drug-likeness (QED) is 0.377. The number of rotatable bonds is 2. The molecule has 1 aromatic heterocycles. The highest BCUT2D eigenvalue weighted by Gasteiger charge is 2.03. The van der Waals surface area contributed by atoms with Gasteiger partial charge in [0.15, 0.2) is 5.16 Å². The third kappa shape index (κ3) is 1.95. The van der Waals surface area contributed by atoms with Gasteiger partial charge >= 0.3 is 0 Å². The number of thioether (sulfide) groups is 1. The fourth-order valence-electron chi connectivity index (χ4n) is 0.668. The van der Waals surface area contributed by atoms with E-state index in [0.717, 1.165) is 5.75 Å². The number of nitrogens with two attached hydrogens (primary N) is 1. The Hall–Kier alpha value is -0.620. The van der Waals surface area contributed by atoms with Gasteiger partial charge in [-0.15, -0.1) is 12.6 Å². The molecule has 0 spiro atoms. The van der Waals surface area contributed by atoms with Gasteiger partial charge in [0.1, 0.15) is 10.7 Å². The average molecular weight is 203 g/mol. The Morgan fingerprint density at radius 2 is 2.42 bits per heavy atom. The summed E-state index contributed by atoms with van der Waals surface area (Å²) in [4.78, 5) is 17.7. The van der Waals surface area contributed by atoms with Crippen molar-refractivity contribution in [3.63, 3.8) is 0 Å². The van der Waals surface area contributed by atoms with E-state index in [2.05, 4.69) is 22.6 Å². The van der Waals surface area contributed by atoms with E-state index >= 15 is 0 Å². The summed E-state index contributed by atoms with van der Waals surface area (Å²) in [6.45, 7) is 1.97. The van der Waals surface area contributed by atoms with E-state index in [0.29, 0.717) is 5.16 Å². The Morgan fingerprint density at radius 3 is 2.92 bits per heavy atom. The first-order valence-electron chi connectivity index (χ1n) is 3.36. The molecule has 0 aromatic carbocycles. The van der Waals surface area contributed by atoms with E-state index in [1.165, 1.54) is 11.8 Å². The molecule has 6 heteroatoms. The highest BCUT2D eigenvalue weighted by atomic mass is 32.2. The van der Waals surface area contributed by atoms with Crippen molar-refractivity contribution in [3.8, 4) is 0 Å². The zero-order valence-corrected chi connectivity index (χ0v) is 8.21. The topological polar surface area (TPSA) is 71.8 Å². The van der Waals surface area contributed by atoms with E-state index in [4.69, 9.17) is 5.73 Å². The number of nitrogens with one attached hydrogen (secondary N) is 1. The normalized spacial score (nSPS) is 10.2. The molecule has 0 radical (unpaired) electrons. The molecule has 66 valence electrons. The Balaban J connectivity index is 3.13. The number of nitrogens with zero attached hydrogens (tertiary/aromatic N) is 1. The van der Waals surface area contributed by atoms with Gasteiger partial charge in [-0.1, -0.05) is 18.7 Å². The van der Waals surface area contributed by atoms with Gasteiger partial charge < -0.3 is 10.7 Å². The highest BCUT2D eigenvalue weighted by Crippen LogP contribution is 2.14. The van der Waals surface area contributed by atoms with E-state index in [9.17, 15) is 4.79 Å². The van der Waals surface area contributed by atoms with Crippen molar-refractivity contribution in [3.05, 3.63) is 10.4 Å². The maximum absolute atomic E-state index is 11.1. The number of H-pyrrole nitrogens is 1. The number of thiol groups is 1. The van der Waals surface area contributed by atoms with Gasteiger partial charge in [0.25, 0.3) is 5.56 Å². The zero-order chi connectivity index (χ0) is 9.14. The minimum absolute atomic E-state index is 0.176. The molecule has 0 atom stereocenters. The van der Waals surface area contributed by atoms with E-state index in [1.54, 1.807) is 0 Å². The molecule has 0 aliphatic rings. The predicted octanol–water partition coefficient (Wildman–Crippen LogP) is 0.753. The first-order valence-corrected chi connectivity index (χ1v) is 4.80. The van der Waals surface area contributed by atoms with Crippen molar-refractivity contribution >= 4 is 30.2 Å². The fraction of sp³-hybridized carbons (Fsp3) is 0.333. The van der Waals surface area contributed by atoms with Crippen molar-refractivity contribution in [1.29, 1.82) is 0 Å². The standard InChI is InChI=1S/C6H9N3OS2/c1-2-12-6-8-4(7)3(11)5(10)9-6/h11H,2H2,1H3,(H3,7,8,9,10). The van der Waals surface area contributed by atoms with Crippen molar-refractivity contribution in [2.24, 2.45) is 0 Å². The van der Waals surface area contributed by atoms with Crippen LogP contribution in [0.15, 0.2) is 14.8 Å². The molecule has 0 amide bonds. The molecule has 4 nitrogen and oxygen atoms in total. The first-order chi connectivity index (χ1) is 5.65. The van der Waals surface area contributed by atoms with Crippen molar-refractivity contribution in [1.82, 2.24) is 9.97 Å². The second kappa shape index (κ2) is 3.86. The summed E-state index contributed by atoms with van der Waals surface area (Å²) < 4.78 is 0. The summed E-state index contributed by atoms with van der Waals surface area (Å²) in [5.41, 5.74) is 5.14. The van der Waals surface area contributed by atoms with Crippen molar-refractivity contribution in [2.75, 3.05) is 11.5 Å². The lowest BCUT2D eigenvalue weighted by Crippen LogP contribution is -2.13. The SMILES string of the molecule is CCSc1nc(N)c(S)c(=O)[nH]1. The van der Waals surface area contributed by atoms with Gasteiger partial charge in [0, 0.05) is 0 Å². The maximum Gasteiger partial charge on any atom is 0.267 e. The molecule has 0 bridgehead atoms. The number of nitrogen functional groups attached to an aromatic ring is 1. The molecule has 12 heavy (non-hydrogen) atoms. The number of aromatic nitrogens is 2.